The average Bonchev–Trinajstić information content (AvgIpc) is 3.13. The number of esters is 1. The fourth-order valence-corrected chi connectivity index (χ4v) is 9.53. The number of ether oxygens (including phenoxy) is 1. The second-order valence-corrected chi connectivity index (χ2v) is 14.5. The number of allylic oxidation sites excluding steroid dienone is 1. The quantitative estimate of drug-likeness (QED) is 0.206. The summed E-state index contributed by atoms with van der Waals surface area (Å²) in [5.74, 6) is 2.71. The molecule has 0 aromatic carbocycles. The van der Waals surface area contributed by atoms with Crippen molar-refractivity contribution in [3.63, 3.8) is 0 Å². The molecular weight excluding hydrogens is 488 g/mol. The molecule has 0 unspecified atom stereocenters. The van der Waals surface area contributed by atoms with Crippen molar-refractivity contribution in [2.45, 2.75) is 112 Å². The highest BCUT2D eigenvalue weighted by atomic mass is 32.3. The lowest BCUT2D eigenvalue weighted by Gasteiger charge is -2.59. The fraction of sp³-hybridized carbons (Fsp3) is 0.833. The topological polar surface area (TPSA) is 89.9 Å². The monoisotopic (exact) mass is 536 g/mol. The van der Waals surface area contributed by atoms with E-state index in [-0.39, 0.29) is 28.8 Å². The van der Waals surface area contributed by atoms with Crippen molar-refractivity contribution < 1.29 is 26.7 Å². The molecule has 7 heteroatoms. The second-order valence-electron chi connectivity index (χ2n) is 13.4. The van der Waals surface area contributed by atoms with Gasteiger partial charge in [0.05, 0.1) is 6.10 Å². The van der Waals surface area contributed by atoms with Crippen LogP contribution in [-0.2, 0) is 24.1 Å². The number of fused-ring (bicyclic) bond motifs is 5. The summed E-state index contributed by atoms with van der Waals surface area (Å²) in [4.78, 5) is 12.2. The zero-order valence-electron chi connectivity index (χ0n) is 23.7. The molecule has 37 heavy (non-hydrogen) atoms. The van der Waals surface area contributed by atoms with Crippen LogP contribution in [0.5, 0.6) is 0 Å². The Kier molecular flexibility index (Phi) is 8.12. The van der Waals surface area contributed by atoms with E-state index in [0.29, 0.717) is 42.4 Å². The summed E-state index contributed by atoms with van der Waals surface area (Å²) in [7, 11) is -4.50. The zero-order valence-corrected chi connectivity index (χ0v) is 24.5. The largest absolute Gasteiger partial charge is 0.458 e. The minimum Gasteiger partial charge on any atom is -0.458 e. The molecule has 0 saturated heterocycles. The van der Waals surface area contributed by atoms with Crippen LogP contribution in [0.3, 0.4) is 0 Å². The molecule has 3 fully saturated rings. The SMILES string of the molecule is C=C(CC[C@@H](C)[C@H]1CC[C@H]2[C@@H]3[C@@H](OC(C)=O)C=C4C[C@@H](OS(=O)(=O)O)CC[C@]4(C)[C@H]3CC[C@]12C)C(C)C. The maximum Gasteiger partial charge on any atom is 0.397 e. The first-order chi connectivity index (χ1) is 17.2. The van der Waals surface area contributed by atoms with Crippen LogP contribution in [0.25, 0.3) is 0 Å². The van der Waals surface area contributed by atoms with Gasteiger partial charge >= 0.3 is 16.4 Å². The lowest BCUT2D eigenvalue weighted by Crippen LogP contribution is -2.55. The van der Waals surface area contributed by atoms with E-state index in [0.717, 1.165) is 24.8 Å². The normalized spacial score (nSPS) is 40.3. The Morgan fingerprint density at radius 2 is 1.84 bits per heavy atom. The fourth-order valence-electron chi connectivity index (χ4n) is 9.03. The van der Waals surface area contributed by atoms with Crippen LogP contribution in [-0.4, -0.2) is 31.1 Å². The molecule has 210 valence electrons. The van der Waals surface area contributed by atoms with Gasteiger partial charge in [-0.05, 0) is 104 Å². The van der Waals surface area contributed by atoms with Crippen molar-refractivity contribution in [1.82, 2.24) is 0 Å². The summed E-state index contributed by atoms with van der Waals surface area (Å²) in [6, 6.07) is 0. The Hall–Kier alpha value is -1.18. The Bertz CT molecular complexity index is 1030. The molecule has 4 aliphatic rings. The van der Waals surface area contributed by atoms with Crippen molar-refractivity contribution in [3.8, 4) is 0 Å². The third-order valence-corrected chi connectivity index (χ3v) is 11.6. The Morgan fingerprint density at radius 3 is 2.46 bits per heavy atom. The van der Waals surface area contributed by atoms with Gasteiger partial charge in [-0.1, -0.05) is 52.3 Å². The smallest absolute Gasteiger partial charge is 0.397 e. The molecule has 9 atom stereocenters. The van der Waals surface area contributed by atoms with Gasteiger partial charge in [-0.25, -0.2) is 4.18 Å². The van der Waals surface area contributed by atoms with E-state index in [9.17, 15) is 17.8 Å². The summed E-state index contributed by atoms with van der Waals surface area (Å²) in [5, 5.41) is 0. The molecule has 0 bridgehead atoms. The summed E-state index contributed by atoms with van der Waals surface area (Å²) in [6.07, 6.45) is 10.0. The molecule has 0 spiro atoms. The highest BCUT2D eigenvalue weighted by molar-refractivity contribution is 7.80. The van der Waals surface area contributed by atoms with E-state index in [1.807, 2.05) is 0 Å². The highest BCUT2D eigenvalue weighted by Crippen LogP contribution is 2.67. The first-order valence-electron chi connectivity index (χ1n) is 14.4. The van der Waals surface area contributed by atoms with Crippen LogP contribution in [0.1, 0.15) is 99.3 Å². The average molecular weight is 537 g/mol. The van der Waals surface area contributed by atoms with Crippen molar-refractivity contribution >= 4 is 16.4 Å². The predicted octanol–water partition coefficient (Wildman–Crippen LogP) is 6.92. The van der Waals surface area contributed by atoms with Crippen LogP contribution in [0.15, 0.2) is 23.8 Å². The lowest BCUT2D eigenvalue weighted by molar-refractivity contribution is -0.158. The van der Waals surface area contributed by atoms with Gasteiger partial charge in [-0.3, -0.25) is 9.35 Å². The van der Waals surface area contributed by atoms with Crippen LogP contribution in [0, 0.1) is 46.3 Å². The summed E-state index contributed by atoms with van der Waals surface area (Å²) >= 11 is 0. The van der Waals surface area contributed by atoms with Crippen molar-refractivity contribution in [3.05, 3.63) is 23.8 Å². The molecule has 4 rings (SSSR count). The van der Waals surface area contributed by atoms with Crippen LogP contribution in [0.4, 0.5) is 0 Å². The van der Waals surface area contributed by atoms with Gasteiger partial charge in [0.2, 0.25) is 0 Å². The van der Waals surface area contributed by atoms with Gasteiger partial charge < -0.3 is 4.74 Å². The summed E-state index contributed by atoms with van der Waals surface area (Å²) < 4.78 is 43.0. The summed E-state index contributed by atoms with van der Waals surface area (Å²) in [5.41, 5.74) is 2.63. The highest BCUT2D eigenvalue weighted by Gasteiger charge is 2.62. The van der Waals surface area contributed by atoms with Gasteiger partial charge in [-0.2, -0.15) is 8.42 Å². The van der Waals surface area contributed by atoms with Crippen LogP contribution >= 0.6 is 0 Å². The predicted molar refractivity (Wildman–Crippen MR) is 145 cm³/mol. The molecule has 3 saturated carbocycles. The third-order valence-electron chi connectivity index (χ3n) is 11.1. The van der Waals surface area contributed by atoms with Crippen molar-refractivity contribution in [2.75, 3.05) is 0 Å². The Balaban J connectivity index is 1.60. The third kappa shape index (κ3) is 5.60. The first-order valence-corrected chi connectivity index (χ1v) is 15.7. The van der Waals surface area contributed by atoms with E-state index >= 15 is 0 Å². The Labute approximate surface area is 224 Å². The Morgan fingerprint density at radius 1 is 1.14 bits per heavy atom. The van der Waals surface area contributed by atoms with E-state index in [1.165, 1.54) is 38.2 Å². The van der Waals surface area contributed by atoms with Gasteiger partial charge in [-0.15, -0.1) is 0 Å². The van der Waals surface area contributed by atoms with E-state index < -0.39 is 16.5 Å². The maximum absolute atomic E-state index is 12.2. The molecule has 0 heterocycles. The molecule has 1 N–H and O–H groups in total. The molecule has 0 radical (unpaired) electrons. The number of carbonyl (C=O) groups is 1. The number of hydrogen-bond acceptors (Lipinski definition) is 5. The summed E-state index contributed by atoms with van der Waals surface area (Å²) in [6.45, 7) is 17.5. The minimum absolute atomic E-state index is 0.0690. The van der Waals surface area contributed by atoms with Gasteiger partial charge in [0.15, 0.2) is 0 Å². The molecule has 0 amide bonds. The molecule has 4 aliphatic carbocycles. The van der Waals surface area contributed by atoms with Crippen molar-refractivity contribution in [2.24, 2.45) is 46.3 Å². The molecule has 0 aliphatic heterocycles. The molecule has 6 nitrogen and oxygen atoms in total. The second kappa shape index (κ2) is 10.4. The molecule has 0 aromatic rings. The van der Waals surface area contributed by atoms with Crippen LogP contribution in [0.2, 0.25) is 0 Å². The lowest BCUT2D eigenvalue weighted by atomic mass is 9.46. The van der Waals surface area contributed by atoms with E-state index in [1.54, 1.807) is 0 Å². The first kappa shape index (κ1) is 28.8. The van der Waals surface area contributed by atoms with Crippen LogP contribution < -0.4 is 0 Å². The van der Waals surface area contributed by atoms with Crippen molar-refractivity contribution in [1.29, 1.82) is 0 Å². The van der Waals surface area contributed by atoms with Gasteiger partial charge in [0.1, 0.15) is 6.10 Å². The van der Waals surface area contributed by atoms with E-state index in [4.69, 9.17) is 8.92 Å². The van der Waals surface area contributed by atoms with E-state index in [2.05, 4.69) is 47.3 Å². The zero-order chi connectivity index (χ0) is 27.3. The van der Waals surface area contributed by atoms with Gasteiger partial charge in [0.25, 0.3) is 0 Å². The molecule has 0 aromatic heterocycles. The van der Waals surface area contributed by atoms with Gasteiger partial charge in [0, 0.05) is 12.8 Å². The number of carbonyl (C=O) groups excluding carboxylic acids is 1. The standard InChI is InChI=1S/C30H48O6S/c1-18(2)19(3)8-9-20(4)24-10-11-25-28-26(13-15-30(24,25)7)29(6)14-12-23(36-37(32,33)34)16-22(29)17-27(28)35-21(5)31/h17-18,20,23-28H,3,8-16H2,1-2,4-7H3,(H,32,33,34)/t20-,23+,24-,25+,26+,27+,28+,29+,30-/m1/s1. The minimum atomic E-state index is -4.50. The number of rotatable bonds is 8. The maximum atomic E-state index is 12.2. The number of hydrogen-bond donors (Lipinski definition) is 1. The molecular formula is C30H48O6S.